The van der Waals surface area contributed by atoms with E-state index in [0.29, 0.717) is 12.8 Å². The number of pyridine rings is 1. The van der Waals surface area contributed by atoms with Gasteiger partial charge in [-0.05, 0) is 56.5 Å². The molecule has 0 saturated heterocycles. The van der Waals surface area contributed by atoms with Gasteiger partial charge >= 0.3 is 18.2 Å². The molecule has 1 aromatic carbocycles. The van der Waals surface area contributed by atoms with E-state index in [1.807, 2.05) is 0 Å². The summed E-state index contributed by atoms with van der Waals surface area (Å²) in [5.41, 5.74) is 0.186. The van der Waals surface area contributed by atoms with Gasteiger partial charge in [0.05, 0.1) is 22.4 Å². The highest BCUT2D eigenvalue weighted by Gasteiger charge is 2.43. The molecule has 2 amide bonds. The molecule has 0 radical (unpaired) electrons. The SMILES string of the molecule is CC(C)(c1ccccn1)S(=O)(=O)c1c(Cl)ccc(NC(=O)NC2CCC=C2COC(=O)C(F)(F)F)c1O. The van der Waals surface area contributed by atoms with Gasteiger partial charge in [-0.15, -0.1) is 0 Å². The first-order valence-electron chi connectivity index (χ1n) is 10.8. The number of urea groups is 1. The summed E-state index contributed by atoms with van der Waals surface area (Å²) in [6, 6.07) is 5.49. The molecule has 1 aliphatic carbocycles. The van der Waals surface area contributed by atoms with E-state index in [4.69, 9.17) is 11.6 Å². The van der Waals surface area contributed by atoms with Crippen LogP contribution in [0.15, 0.2) is 53.1 Å². The highest BCUT2D eigenvalue weighted by molar-refractivity contribution is 7.92. The Balaban J connectivity index is 1.78. The fourth-order valence-corrected chi connectivity index (χ4v) is 5.70. The van der Waals surface area contributed by atoms with Gasteiger partial charge in [-0.3, -0.25) is 4.98 Å². The Morgan fingerprint density at radius 2 is 1.92 bits per heavy atom. The number of rotatable bonds is 7. The fraction of sp³-hybridized carbons (Fsp3) is 0.348. The van der Waals surface area contributed by atoms with E-state index in [-0.39, 0.29) is 22.0 Å². The first-order chi connectivity index (χ1) is 17.2. The predicted octanol–water partition coefficient (Wildman–Crippen LogP) is 4.47. The smallest absolute Gasteiger partial charge is 0.490 e. The first-order valence-corrected chi connectivity index (χ1v) is 12.7. The Bertz CT molecular complexity index is 1330. The number of hydrogen-bond donors (Lipinski definition) is 3. The molecule has 1 atom stereocenters. The summed E-state index contributed by atoms with van der Waals surface area (Å²) in [4.78, 5) is 27.0. The van der Waals surface area contributed by atoms with Crippen molar-refractivity contribution in [3.63, 3.8) is 0 Å². The van der Waals surface area contributed by atoms with Gasteiger partial charge in [0.1, 0.15) is 16.2 Å². The average molecular weight is 562 g/mol. The maximum absolute atomic E-state index is 13.5. The zero-order chi connectivity index (χ0) is 27.6. The van der Waals surface area contributed by atoms with Crippen LogP contribution in [0.5, 0.6) is 5.75 Å². The van der Waals surface area contributed by atoms with Crippen molar-refractivity contribution < 1.29 is 41.0 Å². The van der Waals surface area contributed by atoms with Crippen molar-refractivity contribution in [1.29, 1.82) is 0 Å². The minimum Gasteiger partial charge on any atom is -0.504 e. The number of aromatic hydroxyl groups is 1. The van der Waals surface area contributed by atoms with E-state index in [1.54, 1.807) is 18.2 Å². The molecule has 2 aromatic rings. The molecule has 1 aromatic heterocycles. The van der Waals surface area contributed by atoms with Gasteiger partial charge in [-0.2, -0.15) is 13.2 Å². The lowest BCUT2D eigenvalue weighted by molar-refractivity contribution is -0.198. The van der Waals surface area contributed by atoms with E-state index >= 15 is 0 Å². The third kappa shape index (κ3) is 5.99. The predicted molar refractivity (Wildman–Crippen MR) is 128 cm³/mol. The van der Waals surface area contributed by atoms with Crippen molar-refractivity contribution >= 4 is 39.1 Å². The zero-order valence-corrected chi connectivity index (χ0v) is 21.2. The molecular formula is C23H23ClF3N3O6S. The number of carbonyl (C=O) groups excluding carboxylic acids is 2. The Morgan fingerprint density at radius 1 is 1.22 bits per heavy atom. The summed E-state index contributed by atoms with van der Waals surface area (Å²) in [7, 11) is -4.34. The summed E-state index contributed by atoms with van der Waals surface area (Å²) in [6.45, 7) is 2.13. The number of allylic oxidation sites excluding steroid dienone is 1. The normalized spacial score (nSPS) is 16.2. The lowest BCUT2D eigenvalue weighted by Crippen LogP contribution is -2.39. The number of aromatic nitrogens is 1. The molecule has 1 aliphatic rings. The molecule has 37 heavy (non-hydrogen) atoms. The number of hydrogen-bond acceptors (Lipinski definition) is 7. The number of amides is 2. The van der Waals surface area contributed by atoms with Crippen molar-refractivity contribution in [1.82, 2.24) is 10.3 Å². The van der Waals surface area contributed by atoms with Crippen molar-refractivity contribution in [2.24, 2.45) is 0 Å². The molecule has 0 fully saturated rings. The first kappa shape index (κ1) is 28.3. The maximum atomic E-state index is 13.5. The number of phenols is 1. The van der Waals surface area contributed by atoms with Crippen LogP contribution in [-0.2, 0) is 24.1 Å². The average Bonchev–Trinajstić information content (AvgIpc) is 3.25. The molecule has 3 N–H and O–H groups in total. The minimum atomic E-state index is -5.14. The van der Waals surface area contributed by atoms with Crippen LogP contribution >= 0.6 is 11.6 Å². The number of anilines is 1. The molecular weight excluding hydrogens is 539 g/mol. The van der Waals surface area contributed by atoms with Gasteiger partial charge < -0.3 is 20.5 Å². The molecule has 200 valence electrons. The summed E-state index contributed by atoms with van der Waals surface area (Å²) in [6.07, 6.45) is -1.43. The second kappa shape index (κ2) is 10.6. The van der Waals surface area contributed by atoms with E-state index < -0.39 is 56.1 Å². The van der Waals surface area contributed by atoms with E-state index in [0.717, 1.165) is 0 Å². The van der Waals surface area contributed by atoms with Gasteiger partial charge in [0.15, 0.2) is 15.6 Å². The number of sulfone groups is 1. The number of nitrogens with one attached hydrogen (secondary N) is 2. The van der Waals surface area contributed by atoms with Crippen LogP contribution in [-0.4, -0.2) is 49.3 Å². The monoisotopic (exact) mass is 561 g/mol. The van der Waals surface area contributed by atoms with Gasteiger partial charge in [0.2, 0.25) is 0 Å². The number of esters is 1. The molecule has 1 heterocycles. The van der Waals surface area contributed by atoms with E-state index in [2.05, 4.69) is 20.4 Å². The van der Waals surface area contributed by atoms with E-state index in [9.17, 15) is 36.3 Å². The third-order valence-corrected chi connectivity index (χ3v) is 8.70. The van der Waals surface area contributed by atoms with Crippen molar-refractivity contribution in [3.05, 3.63) is 58.9 Å². The highest BCUT2D eigenvalue weighted by Crippen LogP contribution is 2.44. The van der Waals surface area contributed by atoms with Crippen molar-refractivity contribution in [3.8, 4) is 5.75 Å². The van der Waals surface area contributed by atoms with E-state index in [1.165, 1.54) is 38.2 Å². The summed E-state index contributed by atoms with van der Waals surface area (Å²) in [5, 5.41) is 15.3. The zero-order valence-electron chi connectivity index (χ0n) is 19.6. The van der Waals surface area contributed by atoms with Crippen LogP contribution in [0.25, 0.3) is 0 Å². The molecule has 14 heteroatoms. The molecule has 0 aliphatic heterocycles. The second-order valence-corrected chi connectivity index (χ2v) is 11.4. The summed E-state index contributed by atoms with van der Waals surface area (Å²) >= 11 is 6.15. The number of carbonyl (C=O) groups is 2. The molecule has 1 unspecified atom stereocenters. The lowest BCUT2D eigenvalue weighted by Gasteiger charge is -2.26. The molecule has 3 rings (SSSR count). The standard InChI is InChI=1S/C23H23ClF3N3O6S/c1-22(2,17-8-3-4-11-28-17)37(34,35)19-14(24)9-10-16(18(19)31)30-21(33)29-15-7-5-6-13(15)12-36-20(32)23(25,26)27/h3-4,6,8-11,15,31H,5,7,12H2,1-2H3,(H2,29,30,33). The van der Waals surface area contributed by atoms with Crippen LogP contribution in [0, 0.1) is 0 Å². The molecule has 0 saturated carbocycles. The number of benzene rings is 1. The molecule has 9 nitrogen and oxygen atoms in total. The minimum absolute atomic E-state index is 0.202. The van der Waals surface area contributed by atoms with Gasteiger partial charge in [-0.25, -0.2) is 18.0 Å². The van der Waals surface area contributed by atoms with Crippen LogP contribution < -0.4 is 10.6 Å². The third-order valence-electron chi connectivity index (χ3n) is 5.77. The van der Waals surface area contributed by atoms with Crippen LogP contribution in [0.4, 0.5) is 23.7 Å². The number of halogens is 4. The quantitative estimate of drug-likeness (QED) is 0.258. The Hall–Kier alpha value is -3.32. The second-order valence-electron chi connectivity index (χ2n) is 8.58. The van der Waals surface area contributed by atoms with Crippen molar-refractivity contribution in [2.75, 3.05) is 11.9 Å². The van der Waals surface area contributed by atoms with Crippen molar-refractivity contribution in [2.45, 2.75) is 48.5 Å². The van der Waals surface area contributed by atoms with Gasteiger partial charge in [0.25, 0.3) is 0 Å². The summed E-state index contributed by atoms with van der Waals surface area (Å²) < 4.78 is 66.8. The highest BCUT2D eigenvalue weighted by atomic mass is 35.5. The number of ether oxygens (including phenoxy) is 1. The van der Waals surface area contributed by atoms with Gasteiger partial charge in [-0.1, -0.05) is 23.7 Å². The van der Waals surface area contributed by atoms with Crippen LogP contribution in [0.1, 0.15) is 32.4 Å². The number of nitrogens with zero attached hydrogens (tertiary/aromatic N) is 1. The fourth-order valence-electron chi connectivity index (χ4n) is 3.65. The number of phenolic OH excluding ortho intramolecular Hbond substituents is 1. The number of alkyl halides is 3. The van der Waals surface area contributed by atoms with Gasteiger partial charge in [0, 0.05) is 6.20 Å². The Morgan fingerprint density at radius 3 is 2.54 bits per heavy atom. The van der Waals surface area contributed by atoms with Crippen LogP contribution in [0.3, 0.4) is 0 Å². The molecule has 0 bridgehead atoms. The topological polar surface area (TPSA) is 135 Å². The summed E-state index contributed by atoms with van der Waals surface area (Å²) in [5.74, 6) is -3.15. The lowest BCUT2D eigenvalue weighted by atomic mass is 10.1. The Kier molecular flexibility index (Phi) is 8.08. The Labute approximate surface area is 215 Å². The van der Waals surface area contributed by atoms with Crippen LogP contribution in [0.2, 0.25) is 5.02 Å². The molecule has 0 spiro atoms. The largest absolute Gasteiger partial charge is 0.504 e. The maximum Gasteiger partial charge on any atom is 0.490 e.